The van der Waals surface area contributed by atoms with Crippen molar-refractivity contribution in [1.29, 1.82) is 0 Å². The Morgan fingerprint density at radius 2 is 1.96 bits per heavy atom. The van der Waals surface area contributed by atoms with E-state index in [9.17, 15) is 13.6 Å². The number of rotatable bonds is 4. The molecule has 3 aromatic rings. The van der Waals surface area contributed by atoms with Crippen LogP contribution in [0, 0.1) is 11.6 Å². The SMILES string of the molecule is CN(C(=O)c1ccc[nH]1)[C@H](c1cccnc1)c1ccc(F)c(F)c1. The average Bonchev–Trinajstić information content (AvgIpc) is 3.13. The second kappa shape index (κ2) is 6.62. The first-order chi connectivity index (χ1) is 11.6. The maximum absolute atomic E-state index is 13.7. The van der Waals surface area contributed by atoms with Crippen molar-refractivity contribution in [3.63, 3.8) is 0 Å². The monoisotopic (exact) mass is 327 g/mol. The fourth-order valence-corrected chi connectivity index (χ4v) is 2.63. The Morgan fingerprint density at radius 1 is 1.12 bits per heavy atom. The predicted molar refractivity (Wildman–Crippen MR) is 85.3 cm³/mol. The fraction of sp³-hybridized carbons (Fsp3) is 0.111. The molecule has 6 heteroatoms. The van der Waals surface area contributed by atoms with Gasteiger partial charge in [-0.1, -0.05) is 12.1 Å². The first kappa shape index (κ1) is 15.9. The number of hydrogen-bond donors (Lipinski definition) is 1. The van der Waals surface area contributed by atoms with Gasteiger partial charge in [-0.25, -0.2) is 8.78 Å². The molecule has 0 spiro atoms. The number of H-pyrrole nitrogens is 1. The Kier molecular flexibility index (Phi) is 4.37. The minimum absolute atomic E-state index is 0.265. The molecule has 2 heterocycles. The summed E-state index contributed by atoms with van der Waals surface area (Å²) in [4.78, 5) is 21.0. The number of carbonyl (C=O) groups excluding carboxylic acids is 1. The van der Waals surface area contributed by atoms with Gasteiger partial charge in [-0.05, 0) is 41.5 Å². The van der Waals surface area contributed by atoms with Gasteiger partial charge in [-0.15, -0.1) is 0 Å². The van der Waals surface area contributed by atoms with E-state index in [0.717, 1.165) is 12.1 Å². The summed E-state index contributed by atoms with van der Waals surface area (Å²) in [6.45, 7) is 0. The van der Waals surface area contributed by atoms with Crippen LogP contribution in [0.4, 0.5) is 8.78 Å². The highest BCUT2D eigenvalue weighted by Gasteiger charge is 2.26. The molecule has 0 radical (unpaired) electrons. The molecule has 0 aliphatic heterocycles. The van der Waals surface area contributed by atoms with Crippen molar-refractivity contribution in [2.45, 2.75) is 6.04 Å². The molecule has 0 saturated carbocycles. The van der Waals surface area contributed by atoms with Gasteiger partial charge in [-0.3, -0.25) is 9.78 Å². The molecule has 1 amide bonds. The summed E-state index contributed by atoms with van der Waals surface area (Å²) in [7, 11) is 1.61. The Morgan fingerprint density at radius 3 is 2.58 bits per heavy atom. The van der Waals surface area contributed by atoms with E-state index in [1.807, 2.05) is 0 Å². The highest BCUT2D eigenvalue weighted by Crippen LogP contribution is 2.29. The van der Waals surface area contributed by atoms with E-state index in [-0.39, 0.29) is 5.91 Å². The minimum Gasteiger partial charge on any atom is -0.357 e. The van der Waals surface area contributed by atoms with E-state index in [0.29, 0.717) is 16.8 Å². The molecule has 0 fully saturated rings. The normalized spacial score (nSPS) is 12.0. The number of aromatic nitrogens is 2. The summed E-state index contributed by atoms with van der Waals surface area (Å²) in [5.74, 6) is -2.15. The average molecular weight is 327 g/mol. The number of pyridine rings is 1. The van der Waals surface area contributed by atoms with Crippen molar-refractivity contribution in [3.05, 3.63) is 89.5 Å². The molecule has 1 atom stereocenters. The molecule has 0 aliphatic carbocycles. The van der Waals surface area contributed by atoms with Crippen LogP contribution in [-0.2, 0) is 0 Å². The maximum Gasteiger partial charge on any atom is 0.270 e. The minimum atomic E-state index is -0.956. The quantitative estimate of drug-likeness (QED) is 0.797. The number of halogens is 2. The lowest BCUT2D eigenvalue weighted by Gasteiger charge is -2.28. The van der Waals surface area contributed by atoms with E-state index in [2.05, 4.69) is 9.97 Å². The Bertz CT molecular complexity index is 835. The molecule has 2 aromatic heterocycles. The Hall–Kier alpha value is -3.02. The largest absolute Gasteiger partial charge is 0.357 e. The maximum atomic E-state index is 13.7. The second-order valence-electron chi connectivity index (χ2n) is 5.36. The highest BCUT2D eigenvalue weighted by atomic mass is 19.2. The van der Waals surface area contributed by atoms with Crippen LogP contribution in [0.25, 0.3) is 0 Å². The Balaban J connectivity index is 2.05. The van der Waals surface area contributed by atoms with Gasteiger partial charge in [0.25, 0.3) is 5.91 Å². The van der Waals surface area contributed by atoms with Gasteiger partial charge < -0.3 is 9.88 Å². The van der Waals surface area contributed by atoms with Crippen LogP contribution in [0.2, 0.25) is 0 Å². The number of nitrogens with zero attached hydrogens (tertiary/aromatic N) is 2. The number of aromatic amines is 1. The number of amides is 1. The number of benzene rings is 1. The van der Waals surface area contributed by atoms with Crippen molar-refractivity contribution < 1.29 is 13.6 Å². The van der Waals surface area contributed by atoms with Gasteiger partial charge in [0, 0.05) is 25.6 Å². The van der Waals surface area contributed by atoms with Crippen LogP contribution < -0.4 is 0 Å². The van der Waals surface area contributed by atoms with Gasteiger partial charge in [-0.2, -0.15) is 0 Å². The van der Waals surface area contributed by atoms with Gasteiger partial charge in [0.1, 0.15) is 5.69 Å². The zero-order valence-corrected chi connectivity index (χ0v) is 12.9. The lowest BCUT2D eigenvalue weighted by atomic mass is 9.98. The summed E-state index contributed by atoms with van der Waals surface area (Å²) in [6.07, 6.45) is 4.86. The van der Waals surface area contributed by atoms with Gasteiger partial charge in [0.2, 0.25) is 0 Å². The van der Waals surface area contributed by atoms with Crippen LogP contribution >= 0.6 is 0 Å². The molecule has 122 valence electrons. The van der Waals surface area contributed by atoms with Crippen molar-refractivity contribution in [2.24, 2.45) is 0 Å². The highest BCUT2D eigenvalue weighted by molar-refractivity contribution is 5.92. The summed E-state index contributed by atoms with van der Waals surface area (Å²) in [6, 6.07) is 9.93. The summed E-state index contributed by atoms with van der Waals surface area (Å²) in [5, 5.41) is 0. The third-order valence-electron chi connectivity index (χ3n) is 3.80. The molecule has 3 rings (SSSR count). The van der Waals surface area contributed by atoms with Crippen LogP contribution in [0.15, 0.2) is 61.1 Å². The van der Waals surface area contributed by atoms with Crippen LogP contribution in [-0.4, -0.2) is 27.8 Å². The molecule has 24 heavy (non-hydrogen) atoms. The Labute approximate surface area is 137 Å². The van der Waals surface area contributed by atoms with E-state index < -0.39 is 17.7 Å². The predicted octanol–water partition coefficient (Wildman–Crippen LogP) is 3.55. The number of carbonyl (C=O) groups is 1. The van der Waals surface area contributed by atoms with E-state index in [1.54, 1.807) is 49.9 Å². The lowest BCUT2D eigenvalue weighted by molar-refractivity contribution is 0.0749. The smallest absolute Gasteiger partial charge is 0.270 e. The van der Waals surface area contributed by atoms with Crippen molar-refractivity contribution >= 4 is 5.91 Å². The summed E-state index contributed by atoms with van der Waals surface area (Å²) in [5.41, 5.74) is 1.57. The van der Waals surface area contributed by atoms with Crippen molar-refractivity contribution in [1.82, 2.24) is 14.9 Å². The molecule has 1 N–H and O–H groups in total. The molecule has 0 unspecified atom stereocenters. The van der Waals surface area contributed by atoms with Crippen LogP contribution in [0.3, 0.4) is 0 Å². The second-order valence-corrected chi connectivity index (χ2v) is 5.36. The van der Waals surface area contributed by atoms with Gasteiger partial charge >= 0.3 is 0 Å². The van der Waals surface area contributed by atoms with E-state index >= 15 is 0 Å². The third kappa shape index (κ3) is 3.03. The van der Waals surface area contributed by atoms with E-state index in [1.165, 1.54) is 11.0 Å². The summed E-state index contributed by atoms with van der Waals surface area (Å²) >= 11 is 0. The first-order valence-corrected chi connectivity index (χ1v) is 7.33. The first-order valence-electron chi connectivity index (χ1n) is 7.33. The number of nitrogens with one attached hydrogen (secondary N) is 1. The van der Waals surface area contributed by atoms with Crippen LogP contribution in [0.5, 0.6) is 0 Å². The van der Waals surface area contributed by atoms with Gasteiger partial charge in [0.15, 0.2) is 11.6 Å². The van der Waals surface area contributed by atoms with Crippen molar-refractivity contribution in [2.75, 3.05) is 7.05 Å². The van der Waals surface area contributed by atoms with Gasteiger partial charge in [0.05, 0.1) is 6.04 Å². The molecular formula is C18H15F2N3O. The molecule has 4 nitrogen and oxygen atoms in total. The molecule has 0 saturated heterocycles. The number of hydrogen-bond acceptors (Lipinski definition) is 2. The molecule has 0 aliphatic rings. The van der Waals surface area contributed by atoms with Crippen molar-refractivity contribution in [3.8, 4) is 0 Å². The zero-order valence-electron chi connectivity index (χ0n) is 12.9. The topological polar surface area (TPSA) is 49.0 Å². The lowest BCUT2D eigenvalue weighted by Crippen LogP contribution is -2.32. The third-order valence-corrected chi connectivity index (χ3v) is 3.80. The fourth-order valence-electron chi connectivity index (χ4n) is 2.63. The summed E-state index contributed by atoms with van der Waals surface area (Å²) < 4.78 is 27.0. The van der Waals surface area contributed by atoms with E-state index in [4.69, 9.17) is 0 Å². The zero-order chi connectivity index (χ0) is 17.1. The molecular weight excluding hydrogens is 312 g/mol. The molecule has 1 aromatic carbocycles. The standard InChI is InChI=1S/C18H15F2N3O/c1-23(18(24)16-5-3-9-22-16)17(13-4-2-8-21-11-13)12-6-7-14(19)15(20)10-12/h2-11,17,22H,1H3/t17-/m0/s1. The van der Waals surface area contributed by atoms with Crippen LogP contribution in [0.1, 0.15) is 27.7 Å². The molecule has 0 bridgehead atoms.